The summed E-state index contributed by atoms with van der Waals surface area (Å²) in [4.78, 5) is 4.33. The molecule has 0 amide bonds. The Morgan fingerprint density at radius 1 is 1.47 bits per heavy atom. The molecule has 0 aliphatic rings. The lowest BCUT2D eigenvalue weighted by atomic mass is 10.3. The van der Waals surface area contributed by atoms with Crippen LogP contribution in [0.4, 0.5) is 0 Å². The summed E-state index contributed by atoms with van der Waals surface area (Å²) in [5.41, 5.74) is 1.06. The topological polar surface area (TPSA) is 17.8 Å². The van der Waals surface area contributed by atoms with E-state index in [1.165, 1.54) is 9.81 Å². The fraction of sp³-hybridized carbons (Fsp3) is 0.364. The Kier molecular flexibility index (Phi) is 5.60. The molecule has 0 atom stereocenters. The Hall–Kier alpha value is -0.100. The van der Waals surface area contributed by atoms with E-state index in [2.05, 4.69) is 80.2 Å². The lowest BCUT2D eigenvalue weighted by molar-refractivity contribution is 0.787. The molecule has 0 unspecified atom stereocenters. The van der Waals surface area contributed by atoms with Crippen molar-refractivity contribution in [3.05, 3.63) is 29.0 Å². The Bertz CT molecular complexity index is 425. The molecule has 0 N–H and O–H groups in total. The summed E-state index contributed by atoms with van der Waals surface area (Å²) in [7, 11) is 0. The first kappa shape index (κ1) is 13.0. The molecule has 0 fully saturated rings. The van der Waals surface area contributed by atoms with Gasteiger partial charge in [0.25, 0.3) is 0 Å². The van der Waals surface area contributed by atoms with Crippen molar-refractivity contribution in [2.24, 2.45) is 0 Å². The van der Waals surface area contributed by atoms with Gasteiger partial charge < -0.3 is 4.57 Å². The lowest BCUT2D eigenvalue weighted by Crippen LogP contribution is -1.92. The fourth-order valence-electron chi connectivity index (χ4n) is 1.31. The summed E-state index contributed by atoms with van der Waals surface area (Å²) < 4.78 is 4.38. The number of aryl methyl sites for hydroxylation is 1. The quantitative estimate of drug-likeness (QED) is 0.533. The number of rotatable bonds is 1. The lowest BCUT2D eigenvalue weighted by Gasteiger charge is -1.98. The highest BCUT2D eigenvalue weighted by atomic mass is 127. The monoisotopic (exact) mass is 380 g/mol. The molecule has 82 valence electrons. The summed E-state index contributed by atoms with van der Waals surface area (Å²) in [6.07, 6.45) is 3.89. The van der Waals surface area contributed by atoms with Gasteiger partial charge in [0.1, 0.15) is 5.65 Å². The molecule has 0 bridgehead atoms. The van der Waals surface area contributed by atoms with Gasteiger partial charge in [-0.05, 0) is 39.4 Å². The third kappa shape index (κ3) is 3.45. The molecule has 0 aliphatic carbocycles. The zero-order chi connectivity index (χ0) is 11.3. The Labute approximate surface area is 112 Å². The number of hydrogen-bond donors (Lipinski definition) is 0. The molecule has 0 spiro atoms. The highest BCUT2D eigenvalue weighted by Gasteiger charge is 1.99. The highest BCUT2D eigenvalue weighted by Crippen LogP contribution is 2.17. The van der Waals surface area contributed by atoms with Crippen LogP contribution in [0.2, 0.25) is 0 Å². The van der Waals surface area contributed by atoms with Gasteiger partial charge in [0.15, 0.2) is 0 Å². The maximum absolute atomic E-state index is 4.33. The van der Waals surface area contributed by atoms with Crippen molar-refractivity contribution < 1.29 is 0 Å². The Morgan fingerprint density at radius 3 is 2.73 bits per heavy atom. The molecule has 0 aliphatic heterocycles. The molecular formula is C11H14BrIN2. The predicted molar refractivity (Wildman–Crippen MR) is 77.7 cm³/mol. The molecule has 0 radical (unpaired) electrons. The van der Waals surface area contributed by atoms with Crippen LogP contribution in [0.25, 0.3) is 11.0 Å². The van der Waals surface area contributed by atoms with Crippen LogP contribution in [0.15, 0.2) is 29.0 Å². The number of alkyl halides is 1. The zero-order valence-electron chi connectivity index (χ0n) is 8.87. The van der Waals surface area contributed by atoms with Crippen LogP contribution in [0.1, 0.15) is 13.8 Å². The average molecular weight is 381 g/mol. The summed E-state index contributed by atoms with van der Waals surface area (Å²) in [5, 5.41) is 1.19. The van der Waals surface area contributed by atoms with Gasteiger partial charge in [0, 0.05) is 28.8 Å². The first-order valence-electron chi connectivity index (χ1n) is 4.89. The molecule has 4 heteroatoms. The predicted octanol–water partition coefficient (Wildman–Crippen LogP) is 4.26. The number of halogens is 2. The molecule has 2 aromatic heterocycles. The minimum atomic E-state index is 0.970. The van der Waals surface area contributed by atoms with Crippen LogP contribution in [0.3, 0.4) is 0 Å². The zero-order valence-corrected chi connectivity index (χ0v) is 12.6. The Balaban J connectivity index is 0.000000337. The molecule has 2 heterocycles. The number of aromatic nitrogens is 2. The molecular weight excluding hydrogens is 367 g/mol. The molecule has 0 aromatic carbocycles. The average Bonchev–Trinajstić information content (AvgIpc) is 2.61. The van der Waals surface area contributed by atoms with Gasteiger partial charge in [-0.25, -0.2) is 4.98 Å². The molecule has 0 saturated carbocycles. The van der Waals surface area contributed by atoms with Crippen molar-refractivity contribution >= 4 is 49.6 Å². The first-order valence-corrected chi connectivity index (χ1v) is 7.21. The van der Waals surface area contributed by atoms with Crippen molar-refractivity contribution in [3.63, 3.8) is 0 Å². The van der Waals surface area contributed by atoms with Crippen molar-refractivity contribution in [1.82, 2.24) is 9.55 Å². The van der Waals surface area contributed by atoms with Crippen LogP contribution in [-0.4, -0.2) is 14.0 Å². The maximum Gasteiger partial charge on any atom is 0.139 e. The van der Waals surface area contributed by atoms with E-state index < -0.39 is 0 Å². The third-order valence-electron chi connectivity index (χ3n) is 1.91. The van der Waals surface area contributed by atoms with E-state index in [0.29, 0.717) is 0 Å². The first-order chi connectivity index (χ1) is 7.22. The third-order valence-corrected chi connectivity index (χ3v) is 2.34. The van der Waals surface area contributed by atoms with Gasteiger partial charge in [-0.2, -0.15) is 0 Å². The molecule has 0 saturated heterocycles. The number of pyridine rings is 1. The Morgan fingerprint density at radius 2 is 2.13 bits per heavy atom. The van der Waals surface area contributed by atoms with E-state index in [1.54, 1.807) is 0 Å². The summed E-state index contributed by atoms with van der Waals surface area (Å²) in [5.74, 6) is 0. The van der Waals surface area contributed by atoms with Crippen LogP contribution in [-0.2, 0) is 6.54 Å². The van der Waals surface area contributed by atoms with Crippen LogP contribution in [0.5, 0.6) is 0 Å². The second-order valence-corrected chi connectivity index (χ2v) is 5.38. The summed E-state index contributed by atoms with van der Waals surface area (Å²) in [6.45, 7) is 5.20. The molecule has 2 nitrogen and oxygen atoms in total. The number of fused-ring (bicyclic) bond motifs is 1. The van der Waals surface area contributed by atoms with Crippen molar-refractivity contribution in [3.8, 4) is 0 Å². The standard InChI is InChI=1S/C9H9BrN2.C2H5I/c1-2-12-4-3-7-5-8(10)6-11-9(7)12;1-2-3/h3-6H,2H2,1H3;2H2,1H3. The van der Waals surface area contributed by atoms with Crippen molar-refractivity contribution in [2.75, 3.05) is 4.43 Å². The van der Waals surface area contributed by atoms with Crippen LogP contribution in [0, 0.1) is 0 Å². The van der Waals surface area contributed by atoms with Gasteiger partial charge in [-0.15, -0.1) is 0 Å². The van der Waals surface area contributed by atoms with Gasteiger partial charge in [0.05, 0.1) is 0 Å². The van der Waals surface area contributed by atoms with Crippen LogP contribution >= 0.6 is 38.5 Å². The SMILES string of the molecule is CCI.CCn1ccc2cc(Br)cnc21. The van der Waals surface area contributed by atoms with E-state index in [9.17, 15) is 0 Å². The fourth-order valence-corrected chi connectivity index (χ4v) is 1.66. The maximum atomic E-state index is 4.33. The smallest absolute Gasteiger partial charge is 0.139 e. The number of hydrogen-bond acceptors (Lipinski definition) is 1. The van der Waals surface area contributed by atoms with E-state index in [-0.39, 0.29) is 0 Å². The van der Waals surface area contributed by atoms with Gasteiger partial charge in [-0.3, -0.25) is 0 Å². The van der Waals surface area contributed by atoms with Gasteiger partial charge in [-0.1, -0.05) is 29.5 Å². The molecule has 15 heavy (non-hydrogen) atoms. The second-order valence-electron chi connectivity index (χ2n) is 2.94. The van der Waals surface area contributed by atoms with E-state index in [1.807, 2.05) is 6.20 Å². The van der Waals surface area contributed by atoms with Crippen LogP contribution < -0.4 is 0 Å². The van der Waals surface area contributed by atoms with Gasteiger partial charge >= 0.3 is 0 Å². The molecule has 2 aromatic rings. The normalized spacial score (nSPS) is 9.87. The van der Waals surface area contributed by atoms with Crippen molar-refractivity contribution in [2.45, 2.75) is 20.4 Å². The summed E-state index contributed by atoms with van der Waals surface area (Å²) in [6, 6.07) is 4.16. The minimum Gasteiger partial charge on any atom is -0.333 e. The van der Waals surface area contributed by atoms with Crippen molar-refractivity contribution in [1.29, 1.82) is 0 Å². The summed E-state index contributed by atoms with van der Waals surface area (Å²) >= 11 is 5.68. The second kappa shape index (κ2) is 6.48. The minimum absolute atomic E-state index is 0.970. The highest BCUT2D eigenvalue weighted by molar-refractivity contribution is 14.1. The van der Waals surface area contributed by atoms with E-state index >= 15 is 0 Å². The molecule has 2 rings (SSSR count). The van der Waals surface area contributed by atoms with Gasteiger partial charge in [0.2, 0.25) is 0 Å². The van der Waals surface area contributed by atoms with E-state index in [0.717, 1.165) is 16.7 Å². The van der Waals surface area contributed by atoms with E-state index in [4.69, 9.17) is 0 Å². The largest absolute Gasteiger partial charge is 0.333 e. The number of nitrogens with zero attached hydrogens (tertiary/aromatic N) is 2.